The number of nitrogens with one attached hydrogen (secondary N) is 1. The molecule has 7 nitrogen and oxygen atoms in total. The van der Waals surface area contributed by atoms with Gasteiger partial charge in [-0.1, -0.05) is 6.07 Å². The molecule has 0 atom stereocenters. The van der Waals surface area contributed by atoms with Gasteiger partial charge in [-0.05, 0) is 37.4 Å². The standard InChI is InChI=1S/C20H25FN4O3/c1-23(13-18-6-3-11-28-18)15-20(27)25-9-7-24(8-10-25)14-19(26)22-17-5-2-4-16(21)12-17/h2-6,11-12H,7-10,13-15H2,1H3,(H,22,26). The first-order valence-electron chi connectivity index (χ1n) is 9.26. The topological polar surface area (TPSA) is 69.0 Å². The van der Waals surface area contributed by atoms with Crippen molar-refractivity contribution in [2.24, 2.45) is 0 Å². The second-order valence-electron chi connectivity index (χ2n) is 6.97. The number of likely N-dealkylation sites (N-methyl/N-ethyl adjacent to an activating group) is 1. The smallest absolute Gasteiger partial charge is 0.238 e. The molecule has 0 aliphatic carbocycles. The lowest BCUT2D eigenvalue weighted by molar-refractivity contribution is -0.134. The quantitative estimate of drug-likeness (QED) is 0.781. The molecule has 1 saturated heterocycles. The molecule has 0 radical (unpaired) electrons. The monoisotopic (exact) mass is 388 g/mol. The zero-order valence-corrected chi connectivity index (χ0v) is 15.9. The lowest BCUT2D eigenvalue weighted by atomic mass is 10.2. The van der Waals surface area contributed by atoms with Gasteiger partial charge in [0.2, 0.25) is 11.8 Å². The minimum Gasteiger partial charge on any atom is -0.468 e. The van der Waals surface area contributed by atoms with E-state index in [2.05, 4.69) is 5.32 Å². The van der Waals surface area contributed by atoms with Gasteiger partial charge in [0.1, 0.15) is 11.6 Å². The first-order valence-corrected chi connectivity index (χ1v) is 9.26. The second-order valence-corrected chi connectivity index (χ2v) is 6.97. The molecule has 1 aromatic heterocycles. The fraction of sp³-hybridized carbons (Fsp3) is 0.400. The van der Waals surface area contributed by atoms with Crippen molar-refractivity contribution >= 4 is 17.5 Å². The van der Waals surface area contributed by atoms with Gasteiger partial charge in [0.05, 0.1) is 25.9 Å². The van der Waals surface area contributed by atoms with Gasteiger partial charge >= 0.3 is 0 Å². The molecule has 2 heterocycles. The summed E-state index contributed by atoms with van der Waals surface area (Å²) in [6.07, 6.45) is 1.62. The molecule has 1 fully saturated rings. The van der Waals surface area contributed by atoms with Gasteiger partial charge in [-0.3, -0.25) is 19.4 Å². The van der Waals surface area contributed by atoms with Crippen LogP contribution in [0.15, 0.2) is 47.1 Å². The molecule has 2 aromatic rings. The van der Waals surface area contributed by atoms with Gasteiger partial charge < -0.3 is 14.6 Å². The Hall–Kier alpha value is -2.71. The van der Waals surface area contributed by atoms with Crippen LogP contribution < -0.4 is 5.32 Å². The number of hydrogen-bond acceptors (Lipinski definition) is 5. The van der Waals surface area contributed by atoms with Crippen LogP contribution in [0, 0.1) is 5.82 Å². The molecule has 2 amide bonds. The van der Waals surface area contributed by atoms with Crippen LogP contribution in [0.4, 0.5) is 10.1 Å². The van der Waals surface area contributed by atoms with Crippen molar-refractivity contribution in [2.75, 3.05) is 51.6 Å². The molecule has 1 aliphatic heterocycles. The van der Waals surface area contributed by atoms with Crippen molar-refractivity contribution < 1.29 is 18.4 Å². The van der Waals surface area contributed by atoms with Crippen molar-refractivity contribution in [1.29, 1.82) is 0 Å². The number of piperazine rings is 1. The van der Waals surface area contributed by atoms with Crippen LogP contribution in [0.1, 0.15) is 5.76 Å². The third-order valence-corrected chi connectivity index (χ3v) is 4.61. The molecule has 28 heavy (non-hydrogen) atoms. The van der Waals surface area contributed by atoms with E-state index in [-0.39, 0.29) is 24.2 Å². The number of rotatable bonds is 7. The number of carbonyl (C=O) groups is 2. The summed E-state index contributed by atoms with van der Waals surface area (Å²) in [5, 5.41) is 2.69. The van der Waals surface area contributed by atoms with E-state index in [1.54, 1.807) is 18.4 Å². The number of benzene rings is 1. The molecule has 1 aromatic carbocycles. The predicted octanol–water partition coefficient (Wildman–Crippen LogP) is 1.63. The number of furan rings is 1. The Bertz CT molecular complexity index is 789. The Labute approximate surface area is 163 Å². The lowest BCUT2D eigenvalue weighted by Gasteiger charge is -2.35. The summed E-state index contributed by atoms with van der Waals surface area (Å²) >= 11 is 0. The van der Waals surface area contributed by atoms with Crippen LogP contribution >= 0.6 is 0 Å². The number of nitrogens with zero attached hydrogens (tertiary/aromatic N) is 3. The molecular weight excluding hydrogens is 363 g/mol. The van der Waals surface area contributed by atoms with Crippen molar-refractivity contribution in [2.45, 2.75) is 6.54 Å². The lowest BCUT2D eigenvalue weighted by Crippen LogP contribution is -2.52. The van der Waals surface area contributed by atoms with Crippen LogP contribution in [0.25, 0.3) is 0 Å². The van der Waals surface area contributed by atoms with E-state index in [0.29, 0.717) is 45.0 Å². The van der Waals surface area contributed by atoms with Gasteiger partial charge in [0, 0.05) is 31.9 Å². The Balaban J connectivity index is 1.38. The molecule has 0 bridgehead atoms. The predicted molar refractivity (Wildman–Crippen MR) is 103 cm³/mol. The van der Waals surface area contributed by atoms with E-state index in [9.17, 15) is 14.0 Å². The number of halogens is 1. The molecular formula is C20H25FN4O3. The fourth-order valence-electron chi connectivity index (χ4n) is 3.18. The summed E-state index contributed by atoms with van der Waals surface area (Å²) in [5.74, 6) is 0.313. The van der Waals surface area contributed by atoms with Crippen LogP contribution in [-0.4, -0.2) is 72.8 Å². The molecule has 150 valence electrons. The van der Waals surface area contributed by atoms with Crippen molar-refractivity contribution in [3.8, 4) is 0 Å². The maximum absolute atomic E-state index is 13.2. The maximum Gasteiger partial charge on any atom is 0.238 e. The Morgan fingerprint density at radius 2 is 1.96 bits per heavy atom. The van der Waals surface area contributed by atoms with E-state index in [1.807, 2.05) is 33.9 Å². The SMILES string of the molecule is CN(CC(=O)N1CCN(CC(=O)Nc2cccc(F)c2)CC1)Cc1ccco1. The van der Waals surface area contributed by atoms with E-state index < -0.39 is 0 Å². The van der Waals surface area contributed by atoms with E-state index >= 15 is 0 Å². The average Bonchev–Trinajstić information content (AvgIpc) is 3.15. The van der Waals surface area contributed by atoms with Crippen molar-refractivity contribution in [1.82, 2.24) is 14.7 Å². The molecule has 1 aliphatic rings. The highest BCUT2D eigenvalue weighted by atomic mass is 19.1. The normalized spacial score (nSPS) is 15.0. The zero-order chi connectivity index (χ0) is 19.9. The molecule has 0 saturated carbocycles. The minimum atomic E-state index is -0.387. The van der Waals surface area contributed by atoms with Crippen LogP contribution in [-0.2, 0) is 16.1 Å². The third-order valence-electron chi connectivity index (χ3n) is 4.61. The van der Waals surface area contributed by atoms with E-state index in [1.165, 1.54) is 12.1 Å². The number of hydrogen-bond donors (Lipinski definition) is 1. The maximum atomic E-state index is 13.2. The highest BCUT2D eigenvalue weighted by Crippen LogP contribution is 2.10. The molecule has 1 N–H and O–H groups in total. The van der Waals surface area contributed by atoms with Crippen molar-refractivity contribution in [3.05, 3.63) is 54.2 Å². The van der Waals surface area contributed by atoms with Gasteiger partial charge in [-0.25, -0.2) is 4.39 Å². The minimum absolute atomic E-state index is 0.0675. The van der Waals surface area contributed by atoms with Gasteiger partial charge in [-0.15, -0.1) is 0 Å². The van der Waals surface area contributed by atoms with Crippen LogP contribution in [0.5, 0.6) is 0 Å². The summed E-state index contributed by atoms with van der Waals surface area (Å²) < 4.78 is 18.5. The van der Waals surface area contributed by atoms with Crippen molar-refractivity contribution in [3.63, 3.8) is 0 Å². The highest BCUT2D eigenvalue weighted by Gasteiger charge is 2.23. The zero-order valence-electron chi connectivity index (χ0n) is 15.9. The van der Waals surface area contributed by atoms with Crippen LogP contribution in [0.3, 0.4) is 0 Å². The largest absolute Gasteiger partial charge is 0.468 e. The van der Waals surface area contributed by atoms with E-state index in [0.717, 1.165) is 5.76 Å². The molecule has 8 heteroatoms. The van der Waals surface area contributed by atoms with Crippen LogP contribution in [0.2, 0.25) is 0 Å². The molecule has 3 rings (SSSR count). The summed E-state index contributed by atoms with van der Waals surface area (Å²) in [5.41, 5.74) is 0.443. The first-order chi connectivity index (χ1) is 13.5. The summed E-state index contributed by atoms with van der Waals surface area (Å²) in [7, 11) is 1.88. The van der Waals surface area contributed by atoms with Gasteiger partial charge in [0.15, 0.2) is 0 Å². The average molecular weight is 388 g/mol. The Morgan fingerprint density at radius 1 is 1.18 bits per heavy atom. The third kappa shape index (κ3) is 5.90. The summed E-state index contributed by atoms with van der Waals surface area (Å²) in [6, 6.07) is 9.53. The second kappa shape index (κ2) is 9.48. The molecule has 0 unspecified atom stereocenters. The summed E-state index contributed by atoms with van der Waals surface area (Å²) in [4.78, 5) is 30.3. The summed E-state index contributed by atoms with van der Waals surface area (Å²) in [6.45, 7) is 3.55. The number of anilines is 1. The van der Waals surface area contributed by atoms with Gasteiger partial charge in [-0.2, -0.15) is 0 Å². The Kier molecular flexibility index (Phi) is 6.78. The number of carbonyl (C=O) groups excluding carboxylic acids is 2. The molecule has 0 spiro atoms. The van der Waals surface area contributed by atoms with Gasteiger partial charge in [0.25, 0.3) is 0 Å². The Morgan fingerprint density at radius 3 is 2.64 bits per heavy atom. The highest BCUT2D eigenvalue weighted by molar-refractivity contribution is 5.92. The number of amides is 2. The van der Waals surface area contributed by atoms with E-state index in [4.69, 9.17) is 4.42 Å². The first kappa shape index (κ1) is 20.0. The fourth-order valence-corrected chi connectivity index (χ4v) is 3.18.